The van der Waals surface area contributed by atoms with E-state index in [0.29, 0.717) is 16.5 Å². The first-order valence-electron chi connectivity index (χ1n) is 7.39. The van der Waals surface area contributed by atoms with E-state index < -0.39 is 0 Å². The minimum atomic E-state index is 0.376. The Bertz CT molecular complexity index is 469. The molecule has 1 aromatic heterocycles. The molecular weight excluding hydrogens is 270 g/mol. The van der Waals surface area contributed by atoms with E-state index in [1.165, 1.54) is 38.5 Å². The Kier molecular flexibility index (Phi) is 4.03. The van der Waals surface area contributed by atoms with Gasteiger partial charge in [-0.05, 0) is 31.9 Å². The van der Waals surface area contributed by atoms with Gasteiger partial charge in [-0.15, -0.1) is 0 Å². The van der Waals surface area contributed by atoms with E-state index in [0.717, 1.165) is 18.2 Å². The number of nitrogens with zero attached hydrogens (tertiary/aromatic N) is 2. The predicted octanol–water partition coefficient (Wildman–Crippen LogP) is 2.73. The Morgan fingerprint density at radius 3 is 2.60 bits per heavy atom. The Labute approximate surface area is 124 Å². The first-order valence-corrected chi connectivity index (χ1v) is 8.62. The molecule has 1 heterocycles. The number of anilines is 2. The predicted molar refractivity (Wildman–Crippen MR) is 85.0 cm³/mol. The summed E-state index contributed by atoms with van der Waals surface area (Å²) in [6, 6.07) is 1.90. The van der Waals surface area contributed by atoms with E-state index in [2.05, 4.69) is 27.0 Å². The van der Waals surface area contributed by atoms with Crippen molar-refractivity contribution in [1.29, 1.82) is 0 Å². The van der Waals surface area contributed by atoms with Crippen molar-refractivity contribution in [1.82, 2.24) is 9.97 Å². The molecule has 6 heteroatoms. The third-order valence-electron chi connectivity index (χ3n) is 4.37. The van der Waals surface area contributed by atoms with Crippen LogP contribution in [-0.4, -0.2) is 27.5 Å². The fourth-order valence-corrected chi connectivity index (χ4v) is 3.79. The number of nitrogen functional groups attached to an aromatic ring is 1. The number of nitrogens with one attached hydrogen (secondary N) is 2. The molecule has 110 valence electrons. The van der Waals surface area contributed by atoms with Gasteiger partial charge in [0.05, 0.1) is 0 Å². The summed E-state index contributed by atoms with van der Waals surface area (Å²) in [5.41, 5.74) is 2.65. The summed E-state index contributed by atoms with van der Waals surface area (Å²) >= 11 is 1.99. The lowest BCUT2D eigenvalue weighted by Gasteiger charge is -2.27. The Morgan fingerprint density at radius 1 is 1.30 bits per heavy atom. The number of hydrazine groups is 1. The Balaban J connectivity index is 1.71. The molecule has 2 fully saturated rings. The second-order valence-electron chi connectivity index (χ2n) is 5.86. The molecule has 0 aliphatic heterocycles. The van der Waals surface area contributed by atoms with Crippen molar-refractivity contribution in [3.63, 3.8) is 0 Å². The van der Waals surface area contributed by atoms with Gasteiger partial charge in [-0.25, -0.2) is 15.8 Å². The normalized spacial score (nSPS) is 20.9. The molecule has 1 aromatic rings. The lowest BCUT2D eigenvalue weighted by molar-refractivity contribution is 0.638. The van der Waals surface area contributed by atoms with Crippen molar-refractivity contribution < 1.29 is 0 Å². The highest BCUT2D eigenvalue weighted by Gasteiger charge is 2.33. The van der Waals surface area contributed by atoms with Gasteiger partial charge in [0.15, 0.2) is 0 Å². The molecule has 2 aliphatic carbocycles. The van der Waals surface area contributed by atoms with Gasteiger partial charge < -0.3 is 10.7 Å². The van der Waals surface area contributed by atoms with Crippen molar-refractivity contribution in [2.75, 3.05) is 23.5 Å². The summed E-state index contributed by atoms with van der Waals surface area (Å²) in [4.78, 5) is 9.08. The van der Waals surface area contributed by atoms with Crippen LogP contribution in [0.2, 0.25) is 0 Å². The average molecular weight is 293 g/mol. The number of nitrogens with two attached hydrogens (primary N) is 1. The van der Waals surface area contributed by atoms with Crippen LogP contribution >= 0.6 is 11.8 Å². The van der Waals surface area contributed by atoms with Crippen molar-refractivity contribution in [2.45, 2.75) is 49.2 Å². The summed E-state index contributed by atoms with van der Waals surface area (Å²) in [7, 11) is 0. The molecule has 0 atom stereocenters. The van der Waals surface area contributed by atoms with Crippen LogP contribution in [0.5, 0.6) is 0 Å². The third-order valence-corrected chi connectivity index (χ3v) is 5.79. The largest absolute Gasteiger partial charge is 0.369 e. The van der Waals surface area contributed by atoms with E-state index in [9.17, 15) is 0 Å². The molecule has 4 N–H and O–H groups in total. The van der Waals surface area contributed by atoms with Gasteiger partial charge in [0.25, 0.3) is 0 Å². The van der Waals surface area contributed by atoms with E-state index >= 15 is 0 Å². The van der Waals surface area contributed by atoms with Crippen LogP contribution in [0.3, 0.4) is 0 Å². The highest BCUT2D eigenvalue weighted by Crippen LogP contribution is 2.41. The van der Waals surface area contributed by atoms with Crippen LogP contribution in [-0.2, 0) is 0 Å². The second-order valence-corrected chi connectivity index (χ2v) is 7.14. The topological polar surface area (TPSA) is 75.9 Å². The van der Waals surface area contributed by atoms with Crippen molar-refractivity contribution in [3.05, 3.63) is 11.9 Å². The SMILES string of the molecule is CSC1(CNc2cc(NN)nc(C3CC3)n2)CCCC1. The standard InChI is InChI=1S/C14H23N5S/c1-20-14(6-2-3-7-14)9-16-11-8-12(19-15)18-13(17-11)10-4-5-10/h8,10H,2-7,9,15H2,1H3,(H2,16,17,18,19). The van der Waals surface area contributed by atoms with Gasteiger partial charge in [-0.3, -0.25) is 0 Å². The molecule has 0 spiro atoms. The van der Waals surface area contributed by atoms with Crippen LogP contribution < -0.4 is 16.6 Å². The molecule has 0 unspecified atom stereocenters. The molecule has 0 saturated heterocycles. The summed E-state index contributed by atoms with van der Waals surface area (Å²) in [5, 5.41) is 3.51. The molecule has 2 saturated carbocycles. The molecule has 3 rings (SSSR count). The zero-order valence-corrected chi connectivity index (χ0v) is 12.8. The van der Waals surface area contributed by atoms with Gasteiger partial charge in [-0.1, -0.05) is 12.8 Å². The van der Waals surface area contributed by atoms with Gasteiger partial charge in [-0.2, -0.15) is 11.8 Å². The van der Waals surface area contributed by atoms with E-state index in [-0.39, 0.29) is 0 Å². The van der Waals surface area contributed by atoms with E-state index in [1.807, 2.05) is 17.8 Å². The van der Waals surface area contributed by atoms with Crippen LogP contribution in [0.1, 0.15) is 50.3 Å². The van der Waals surface area contributed by atoms with Crippen molar-refractivity contribution in [3.8, 4) is 0 Å². The second kappa shape index (κ2) is 5.77. The number of hydrogen-bond acceptors (Lipinski definition) is 6. The Hall–Kier alpha value is -1.01. The smallest absolute Gasteiger partial charge is 0.145 e. The summed E-state index contributed by atoms with van der Waals surface area (Å²) < 4.78 is 0.376. The van der Waals surface area contributed by atoms with Crippen LogP contribution in [0.4, 0.5) is 11.6 Å². The number of rotatable bonds is 6. The molecule has 0 bridgehead atoms. The lowest BCUT2D eigenvalue weighted by atomic mass is 10.1. The minimum Gasteiger partial charge on any atom is -0.369 e. The van der Waals surface area contributed by atoms with Crippen LogP contribution in [0, 0.1) is 0 Å². The van der Waals surface area contributed by atoms with Gasteiger partial charge in [0.1, 0.15) is 17.5 Å². The molecule has 0 aromatic carbocycles. The Morgan fingerprint density at radius 2 is 2.00 bits per heavy atom. The summed E-state index contributed by atoms with van der Waals surface area (Å²) in [6.07, 6.45) is 9.89. The molecule has 0 radical (unpaired) electrons. The maximum atomic E-state index is 5.51. The zero-order valence-electron chi connectivity index (χ0n) is 12.0. The van der Waals surface area contributed by atoms with Gasteiger partial charge in [0, 0.05) is 23.3 Å². The summed E-state index contributed by atoms with van der Waals surface area (Å²) in [6.45, 7) is 0.972. The minimum absolute atomic E-state index is 0.376. The van der Waals surface area contributed by atoms with Gasteiger partial charge >= 0.3 is 0 Å². The molecular formula is C14H23N5S. The van der Waals surface area contributed by atoms with Crippen LogP contribution in [0.15, 0.2) is 6.07 Å². The number of thioether (sulfide) groups is 1. The molecule has 0 amide bonds. The highest BCUT2D eigenvalue weighted by atomic mass is 32.2. The maximum Gasteiger partial charge on any atom is 0.145 e. The fourth-order valence-electron chi connectivity index (χ4n) is 2.88. The van der Waals surface area contributed by atoms with E-state index in [1.54, 1.807) is 0 Å². The average Bonchev–Trinajstić information content (AvgIpc) is 3.24. The summed E-state index contributed by atoms with van der Waals surface area (Å²) in [5.74, 6) is 8.56. The third kappa shape index (κ3) is 3.01. The van der Waals surface area contributed by atoms with E-state index in [4.69, 9.17) is 5.84 Å². The number of aromatic nitrogens is 2. The monoisotopic (exact) mass is 293 g/mol. The first kappa shape index (κ1) is 13.9. The number of hydrogen-bond donors (Lipinski definition) is 3. The van der Waals surface area contributed by atoms with Crippen molar-refractivity contribution in [2.24, 2.45) is 5.84 Å². The molecule has 2 aliphatic rings. The highest BCUT2D eigenvalue weighted by molar-refractivity contribution is 8.00. The molecule has 5 nitrogen and oxygen atoms in total. The molecule has 20 heavy (non-hydrogen) atoms. The van der Waals surface area contributed by atoms with Crippen molar-refractivity contribution >= 4 is 23.4 Å². The maximum absolute atomic E-state index is 5.51. The zero-order chi connectivity index (χ0) is 14.0. The van der Waals surface area contributed by atoms with Gasteiger partial charge in [0.2, 0.25) is 0 Å². The lowest BCUT2D eigenvalue weighted by Crippen LogP contribution is -2.30. The quantitative estimate of drug-likeness (QED) is 0.553. The fraction of sp³-hybridized carbons (Fsp3) is 0.714. The van der Waals surface area contributed by atoms with Crippen LogP contribution in [0.25, 0.3) is 0 Å². The first-order chi connectivity index (χ1) is 9.74.